The summed E-state index contributed by atoms with van der Waals surface area (Å²) in [6, 6.07) is 9.17. The number of anilines is 2. The van der Waals surface area contributed by atoms with Crippen LogP contribution in [0.3, 0.4) is 0 Å². The molecule has 0 bridgehead atoms. The molecule has 0 aliphatic heterocycles. The average molecular weight is 883 g/mol. The van der Waals surface area contributed by atoms with Crippen LogP contribution in [0.4, 0.5) is 28.9 Å². The third kappa shape index (κ3) is 21.6. The number of amides is 2. The van der Waals surface area contributed by atoms with E-state index in [0.717, 1.165) is 89.9 Å². The number of benzene rings is 2. The van der Waals surface area contributed by atoms with Crippen molar-refractivity contribution >= 4 is 23.2 Å². The summed E-state index contributed by atoms with van der Waals surface area (Å²) in [5, 5.41) is 0. The summed E-state index contributed by atoms with van der Waals surface area (Å²) in [5.41, 5.74) is -0.909. The first-order chi connectivity index (χ1) is 28.5. The number of halogens is 4. The Morgan fingerprint density at radius 1 is 0.607 bits per heavy atom. The van der Waals surface area contributed by atoms with Crippen LogP contribution >= 0.6 is 0 Å². The molecule has 2 aliphatic rings. The van der Waals surface area contributed by atoms with Gasteiger partial charge >= 0.3 is 21.7 Å². The fourth-order valence-corrected chi connectivity index (χ4v) is 7.10. The van der Waals surface area contributed by atoms with Crippen molar-refractivity contribution in [1.29, 1.82) is 0 Å². The quantitative estimate of drug-likeness (QED) is 0.0755. The Morgan fingerprint density at radius 2 is 0.967 bits per heavy atom. The first kappa shape index (κ1) is 57.8. The van der Waals surface area contributed by atoms with Gasteiger partial charge in [-0.05, 0) is 48.9 Å². The van der Waals surface area contributed by atoms with Gasteiger partial charge in [-0.3, -0.25) is 21.7 Å². The maximum atomic E-state index is 14.4. The molecule has 4 rings (SSSR count). The maximum absolute atomic E-state index is 14.4. The minimum atomic E-state index is -0.800. The molecule has 0 saturated carbocycles. The summed E-state index contributed by atoms with van der Waals surface area (Å²) in [4.78, 5) is 29.4. The van der Waals surface area contributed by atoms with E-state index in [1.165, 1.54) is 34.1 Å². The minimum Gasteiger partial charge on any atom is -0.363 e. The fourth-order valence-electron chi connectivity index (χ4n) is 7.10. The number of carbonyl (C=O) groups is 2. The fraction of sp³-hybridized carbons (Fsp3) is 0.577. The molecule has 0 spiro atoms. The first-order valence-electron chi connectivity index (χ1n) is 22.3. The van der Waals surface area contributed by atoms with Crippen LogP contribution in [0.1, 0.15) is 159 Å². The Kier molecular flexibility index (Phi) is 29.9. The number of allylic oxidation sites excluding steroid dienone is 8. The Hall–Kier alpha value is -3.23. The van der Waals surface area contributed by atoms with Crippen LogP contribution in [0, 0.1) is 70.2 Å². The molecule has 61 heavy (non-hydrogen) atoms. The van der Waals surface area contributed by atoms with E-state index in [9.17, 15) is 27.2 Å². The van der Waals surface area contributed by atoms with Crippen LogP contribution < -0.4 is 9.80 Å². The maximum Gasteiger partial charge on any atom is 4.00 e. The zero-order valence-corrected chi connectivity index (χ0v) is 40.5. The molecule has 2 unspecified atom stereocenters. The molecule has 336 valence electrons. The Morgan fingerprint density at radius 3 is 1.20 bits per heavy atom. The number of carbonyl (C=O) groups excluding carboxylic acids is 2. The second-order valence-electron chi connectivity index (χ2n) is 16.9. The molecule has 4 nitrogen and oxygen atoms in total. The van der Waals surface area contributed by atoms with Gasteiger partial charge in [-0.15, -0.1) is 49.2 Å². The Balaban J connectivity index is 0.000000940. The standard InChI is InChI=1S/2C21H32F2NO.2C5H5.Ti/c2*1-6-9-10-16(8-3)15-24(20(25)21(4,5)13-7-2)19-12-11-17(22)14-18(19)23;2*1-2-4-5-3-1;/h2*11-12,16H,6-10,13,15H2,1-5H3;2*1-3H,4H2;/q4*-1;+4. The first-order valence-corrected chi connectivity index (χ1v) is 22.3. The topological polar surface area (TPSA) is 40.6 Å². The summed E-state index contributed by atoms with van der Waals surface area (Å²) in [7, 11) is 0. The SMILES string of the molecule is CCCCC(CC)CN(C(=O)C(C)(C)CCC)c1ccc(F)[c-]c1F.CCCCC(CC)CN(C(=O)C(C)(C)CCC)c1ccc(F)[c-]c1F.[C-]1=CC=CC1.[C-]1=CC=CC1.[Ti+4]. The summed E-state index contributed by atoms with van der Waals surface area (Å²) in [6.07, 6.45) is 31.4. The van der Waals surface area contributed by atoms with Gasteiger partial charge in [0.25, 0.3) is 0 Å². The van der Waals surface area contributed by atoms with Crippen LogP contribution in [-0.2, 0) is 31.3 Å². The summed E-state index contributed by atoms with van der Waals surface area (Å²) in [5.74, 6) is -2.72. The van der Waals surface area contributed by atoms with Crippen molar-refractivity contribution in [2.75, 3.05) is 22.9 Å². The van der Waals surface area contributed by atoms with E-state index in [2.05, 4.69) is 64.1 Å². The van der Waals surface area contributed by atoms with E-state index in [-0.39, 0.29) is 44.9 Å². The van der Waals surface area contributed by atoms with Crippen molar-refractivity contribution < 1.29 is 48.9 Å². The second kappa shape index (κ2) is 31.6. The molecular formula is C52H74F4N2O2Ti. The van der Waals surface area contributed by atoms with Gasteiger partial charge in [-0.25, -0.2) is 41.9 Å². The Bertz CT molecular complexity index is 1530. The average Bonchev–Trinajstić information content (AvgIpc) is 4.00. The van der Waals surface area contributed by atoms with E-state index in [0.29, 0.717) is 24.9 Å². The van der Waals surface area contributed by atoms with Crippen LogP contribution in [0.25, 0.3) is 0 Å². The molecule has 2 atom stereocenters. The zero-order valence-electron chi connectivity index (χ0n) is 39.0. The molecule has 0 aromatic heterocycles. The van der Waals surface area contributed by atoms with Crippen LogP contribution in [0.15, 0.2) is 60.7 Å². The largest absolute Gasteiger partial charge is 4.00 e. The van der Waals surface area contributed by atoms with Gasteiger partial charge in [0.2, 0.25) is 11.8 Å². The van der Waals surface area contributed by atoms with Crippen molar-refractivity contribution in [3.05, 3.63) is 108 Å². The van der Waals surface area contributed by atoms with Crippen molar-refractivity contribution in [3.8, 4) is 0 Å². The number of rotatable bonds is 20. The predicted octanol–water partition coefficient (Wildman–Crippen LogP) is 14.9. The van der Waals surface area contributed by atoms with Crippen molar-refractivity contribution in [3.63, 3.8) is 0 Å². The van der Waals surface area contributed by atoms with Gasteiger partial charge in [0.15, 0.2) is 0 Å². The molecule has 2 aliphatic carbocycles. The molecule has 0 N–H and O–H groups in total. The van der Waals surface area contributed by atoms with Gasteiger partial charge in [0.05, 0.1) is 0 Å². The summed E-state index contributed by atoms with van der Waals surface area (Å²) in [6.45, 7) is 21.0. The minimum absolute atomic E-state index is 0. The molecule has 0 heterocycles. The van der Waals surface area contributed by atoms with Crippen LogP contribution in [0.2, 0.25) is 0 Å². The van der Waals surface area contributed by atoms with Gasteiger partial charge in [0.1, 0.15) is 0 Å². The molecule has 0 saturated heterocycles. The van der Waals surface area contributed by atoms with E-state index in [1.807, 2.05) is 65.8 Å². The molecule has 0 radical (unpaired) electrons. The van der Waals surface area contributed by atoms with Gasteiger partial charge in [-0.1, -0.05) is 121 Å². The Labute approximate surface area is 383 Å². The number of hydrogen-bond donors (Lipinski definition) is 0. The third-order valence-electron chi connectivity index (χ3n) is 10.8. The van der Waals surface area contributed by atoms with Gasteiger partial charge in [0, 0.05) is 47.2 Å². The molecule has 0 fully saturated rings. The van der Waals surface area contributed by atoms with Gasteiger partial charge < -0.3 is 9.80 Å². The van der Waals surface area contributed by atoms with Crippen molar-refractivity contribution in [2.24, 2.45) is 22.7 Å². The van der Waals surface area contributed by atoms with Crippen LogP contribution in [-0.4, -0.2) is 24.9 Å². The molecular weight excluding hydrogens is 808 g/mol. The van der Waals surface area contributed by atoms with Gasteiger partial charge in [-0.2, -0.15) is 12.2 Å². The summed E-state index contributed by atoms with van der Waals surface area (Å²) >= 11 is 0. The normalized spacial score (nSPS) is 13.5. The molecule has 2 amide bonds. The van der Waals surface area contributed by atoms with Crippen molar-refractivity contribution in [2.45, 2.75) is 159 Å². The van der Waals surface area contributed by atoms with E-state index >= 15 is 0 Å². The molecule has 2 aromatic carbocycles. The second-order valence-corrected chi connectivity index (χ2v) is 16.9. The smallest absolute Gasteiger partial charge is 0.363 e. The predicted molar refractivity (Wildman–Crippen MR) is 242 cm³/mol. The van der Waals surface area contributed by atoms with E-state index in [1.54, 1.807) is 0 Å². The zero-order chi connectivity index (χ0) is 45.1. The number of nitrogens with zero attached hydrogens (tertiary/aromatic N) is 2. The molecule has 2 aromatic rings. The summed E-state index contributed by atoms with van der Waals surface area (Å²) < 4.78 is 55.2. The van der Waals surface area contributed by atoms with Crippen LogP contribution in [0.5, 0.6) is 0 Å². The monoisotopic (exact) mass is 883 g/mol. The third-order valence-corrected chi connectivity index (χ3v) is 10.8. The number of hydrogen-bond acceptors (Lipinski definition) is 2. The molecule has 9 heteroatoms. The van der Waals surface area contributed by atoms with E-state index in [4.69, 9.17) is 0 Å². The van der Waals surface area contributed by atoms with Crippen molar-refractivity contribution in [1.82, 2.24) is 0 Å². The van der Waals surface area contributed by atoms with E-state index < -0.39 is 34.1 Å². The number of unbranched alkanes of at least 4 members (excludes halogenated alkanes) is 2.